The zero-order valence-corrected chi connectivity index (χ0v) is 16.7. The van der Waals surface area contributed by atoms with Crippen LogP contribution in [-0.2, 0) is 23.2 Å². The predicted octanol–water partition coefficient (Wildman–Crippen LogP) is 4.52. The molecule has 0 amide bonds. The molecule has 1 N–H and O–H groups in total. The number of nitrogens with zero attached hydrogens (tertiary/aromatic N) is 1. The van der Waals surface area contributed by atoms with E-state index in [1.807, 2.05) is 18.2 Å². The monoisotopic (exact) mass is 365 g/mol. The van der Waals surface area contributed by atoms with Crippen molar-refractivity contribution in [2.24, 2.45) is 5.92 Å². The number of rotatable bonds is 5. The third-order valence-electron chi connectivity index (χ3n) is 7.02. The van der Waals surface area contributed by atoms with Crippen LogP contribution in [0.3, 0.4) is 0 Å². The maximum absolute atomic E-state index is 10.4. The summed E-state index contributed by atoms with van der Waals surface area (Å²) in [5.74, 6) is 1.03. The Kier molecular flexibility index (Phi) is 5.00. The third-order valence-corrected chi connectivity index (χ3v) is 7.02. The first-order valence-corrected chi connectivity index (χ1v) is 10.2. The van der Waals surface area contributed by atoms with Gasteiger partial charge in [0.2, 0.25) is 0 Å². The van der Waals surface area contributed by atoms with E-state index in [1.54, 1.807) is 0 Å². The Hall–Kier alpha value is -1.84. The van der Waals surface area contributed by atoms with E-state index in [0.29, 0.717) is 24.3 Å². The molecule has 2 bridgehead atoms. The van der Waals surface area contributed by atoms with E-state index in [2.05, 4.69) is 56.0 Å². The van der Waals surface area contributed by atoms with Crippen LogP contribution in [0.5, 0.6) is 5.75 Å². The first kappa shape index (κ1) is 18.5. The highest BCUT2D eigenvalue weighted by Gasteiger charge is 2.49. The van der Waals surface area contributed by atoms with Gasteiger partial charge in [-0.2, -0.15) is 0 Å². The highest BCUT2D eigenvalue weighted by Crippen LogP contribution is 2.50. The molecule has 1 aliphatic heterocycles. The lowest BCUT2D eigenvalue weighted by Gasteiger charge is -2.55. The van der Waals surface area contributed by atoms with Crippen molar-refractivity contribution >= 4 is 0 Å². The summed E-state index contributed by atoms with van der Waals surface area (Å²) in [5, 5.41) is 10.4. The Labute approximate surface area is 163 Å². The maximum Gasteiger partial charge on any atom is 0.119 e. The van der Waals surface area contributed by atoms with Crippen LogP contribution in [0.4, 0.5) is 0 Å². The van der Waals surface area contributed by atoms with Gasteiger partial charge < -0.3 is 9.84 Å². The molecule has 27 heavy (non-hydrogen) atoms. The number of fused-ring (bicyclic) bond motifs is 4. The second-order valence-electron chi connectivity index (χ2n) is 8.63. The molecule has 1 heterocycles. The van der Waals surface area contributed by atoms with Gasteiger partial charge in [0, 0.05) is 12.6 Å². The lowest BCUT2D eigenvalue weighted by atomic mass is 9.59. The lowest BCUT2D eigenvalue weighted by Crippen LogP contribution is -2.59. The minimum Gasteiger partial charge on any atom is -0.508 e. The fourth-order valence-corrected chi connectivity index (χ4v) is 5.15. The molecule has 4 rings (SSSR count). The Balaban J connectivity index is 1.46. The summed E-state index contributed by atoms with van der Waals surface area (Å²) in [5.41, 5.74) is 3.90. The number of hydrogen-bond donors (Lipinski definition) is 1. The van der Waals surface area contributed by atoms with Gasteiger partial charge in [-0.05, 0) is 60.4 Å². The SMILES string of the molecule is C[C@H](CN1CC[C@@]2(C)c3cccc(O)c3C[C@@H]1[C@@H]2C)OCc1ccccc1. The molecule has 2 aliphatic rings. The smallest absolute Gasteiger partial charge is 0.119 e. The van der Waals surface area contributed by atoms with Gasteiger partial charge in [-0.3, -0.25) is 4.90 Å². The molecule has 3 nitrogen and oxygen atoms in total. The number of aromatic hydroxyl groups is 1. The van der Waals surface area contributed by atoms with Gasteiger partial charge in [-0.15, -0.1) is 0 Å². The summed E-state index contributed by atoms with van der Waals surface area (Å²) in [6.07, 6.45) is 2.25. The van der Waals surface area contributed by atoms with Gasteiger partial charge in [0.15, 0.2) is 0 Å². The van der Waals surface area contributed by atoms with E-state index in [-0.39, 0.29) is 11.5 Å². The molecule has 144 valence electrons. The number of piperidine rings is 1. The summed E-state index contributed by atoms with van der Waals surface area (Å²) >= 11 is 0. The van der Waals surface area contributed by atoms with Gasteiger partial charge >= 0.3 is 0 Å². The molecule has 0 spiro atoms. The van der Waals surface area contributed by atoms with Gasteiger partial charge in [0.05, 0.1) is 12.7 Å². The van der Waals surface area contributed by atoms with Crippen LogP contribution in [0.2, 0.25) is 0 Å². The number of phenolic OH excluding ortho intramolecular Hbond substituents is 1. The normalized spacial score (nSPS) is 28.6. The Morgan fingerprint density at radius 3 is 2.74 bits per heavy atom. The number of hydrogen-bond acceptors (Lipinski definition) is 3. The van der Waals surface area contributed by atoms with Crippen molar-refractivity contribution in [2.45, 2.75) is 57.8 Å². The van der Waals surface area contributed by atoms with Crippen LogP contribution >= 0.6 is 0 Å². The number of benzene rings is 2. The fourth-order valence-electron chi connectivity index (χ4n) is 5.15. The van der Waals surface area contributed by atoms with E-state index in [1.165, 1.54) is 11.1 Å². The number of likely N-dealkylation sites (tertiary alicyclic amines) is 1. The van der Waals surface area contributed by atoms with Crippen molar-refractivity contribution in [3.05, 3.63) is 65.2 Å². The van der Waals surface area contributed by atoms with E-state index in [4.69, 9.17) is 4.74 Å². The van der Waals surface area contributed by atoms with Crippen molar-refractivity contribution in [1.82, 2.24) is 4.90 Å². The first-order valence-electron chi connectivity index (χ1n) is 10.2. The number of phenols is 1. The quantitative estimate of drug-likeness (QED) is 0.845. The van der Waals surface area contributed by atoms with Crippen molar-refractivity contribution < 1.29 is 9.84 Å². The summed E-state index contributed by atoms with van der Waals surface area (Å²) in [6, 6.07) is 16.9. The van der Waals surface area contributed by atoms with Crippen molar-refractivity contribution in [1.29, 1.82) is 0 Å². The van der Waals surface area contributed by atoms with E-state index < -0.39 is 0 Å². The van der Waals surface area contributed by atoms with Crippen molar-refractivity contribution in [3.63, 3.8) is 0 Å². The lowest BCUT2D eigenvalue weighted by molar-refractivity contribution is -0.0246. The molecule has 2 aromatic rings. The summed E-state index contributed by atoms with van der Waals surface area (Å²) in [7, 11) is 0. The number of ether oxygens (including phenoxy) is 1. The molecule has 0 aromatic heterocycles. The van der Waals surface area contributed by atoms with Gasteiger partial charge in [-0.25, -0.2) is 0 Å². The van der Waals surface area contributed by atoms with Gasteiger partial charge in [0.1, 0.15) is 5.75 Å². The Bertz CT molecular complexity index is 790. The molecular formula is C24H31NO2. The third kappa shape index (κ3) is 3.39. The molecule has 0 radical (unpaired) electrons. The highest BCUT2D eigenvalue weighted by molar-refractivity contribution is 5.47. The topological polar surface area (TPSA) is 32.7 Å². The minimum absolute atomic E-state index is 0.154. The largest absolute Gasteiger partial charge is 0.508 e. The van der Waals surface area contributed by atoms with Crippen molar-refractivity contribution in [3.8, 4) is 5.75 Å². The van der Waals surface area contributed by atoms with Crippen LogP contribution in [0.25, 0.3) is 0 Å². The molecule has 1 fully saturated rings. The molecule has 1 aliphatic carbocycles. The second kappa shape index (κ2) is 7.29. The van der Waals surface area contributed by atoms with Crippen LogP contribution in [0.1, 0.15) is 43.9 Å². The molecular weight excluding hydrogens is 334 g/mol. The predicted molar refractivity (Wildman–Crippen MR) is 109 cm³/mol. The summed E-state index contributed by atoms with van der Waals surface area (Å²) in [6.45, 7) is 9.65. The second-order valence-corrected chi connectivity index (χ2v) is 8.63. The molecule has 3 heteroatoms. The van der Waals surface area contributed by atoms with Gasteiger partial charge in [-0.1, -0.05) is 56.3 Å². The zero-order chi connectivity index (χ0) is 19.0. The fraction of sp³-hybridized carbons (Fsp3) is 0.500. The van der Waals surface area contributed by atoms with Gasteiger partial charge in [0.25, 0.3) is 0 Å². The highest BCUT2D eigenvalue weighted by atomic mass is 16.5. The van der Waals surface area contributed by atoms with Crippen LogP contribution in [0.15, 0.2) is 48.5 Å². The maximum atomic E-state index is 10.4. The average molecular weight is 366 g/mol. The molecule has 0 unspecified atom stereocenters. The average Bonchev–Trinajstić information content (AvgIpc) is 2.67. The Morgan fingerprint density at radius 1 is 1.19 bits per heavy atom. The zero-order valence-electron chi connectivity index (χ0n) is 16.7. The molecule has 2 aromatic carbocycles. The summed E-state index contributed by atoms with van der Waals surface area (Å²) < 4.78 is 6.13. The van der Waals surface area contributed by atoms with E-state index >= 15 is 0 Å². The standard InChI is InChI=1S/C24H31NO2/c1-17(27-16-19-8-5-4-6-9-19)15-25-13-12-24(3)18(2)22(25)14-20-21(24)10-7-11-23(20)26/h4-11,17-18,22,26H,12-16H2,1-3H3/t17-,18+,22-,24-/m1/s1. The first-order chi connectivity index (χ1) is 13.0. The van der Waals surface area contributed by atoms with E-state index in [9.17, 15) is 5.11 Å². The van der Waals surface area contributed by atoms with E-state index in [0.717, 1.165) is 31.5 Å². The van der Waals surface area contributed by atoms with Crippen LogP contribution in [0, 0.1) is 5.92 Å². The van der Waals surface area contributed by atoms with Crippen molar-refractivity contribution in [2.75, 3.05) is 13.1 Å². The van der Waals surface area contributed by atoms with Crippen LogP contribution in [-0.4, -0.2) is 35.2 Å². The molecule has 0 saturated carbocycles. The minimum atomic E-state index is 0.154. The molecule has 4 atom stereocenters. The Morgan fingerprint density at radius 2 is 1.96 bits per heavy atom. The molecule has 1 saturated heterocycles. The summed E-state index contributed by atoms with van der Waals surface area (Å²) in [4.78, 5) is 2.59. The van der Waals surface area contributed by atoms with Crippen LogP contribution < -0.4 is 0 Å².